The smallest absolute Gasteiger partial charge is 0.226 e. The first-order valence-corrected chi connectivity index (χ1v) is 7.23. The van der Waals surface area contributed by atoms with Crippen LogP contribution in [0, 0.1) is 5.92 Å². The van der Waals surface area contributed by atoms with Gasteiger partial charge >= 0.3 is 0 Å². The van der Waals surface area contributed by atoms with Crippen LogP contribution in [0.1, 0.15) is 12.5 Å². The molecule has 1 heterocycles. The summed E-state index contributed by atoms with van der Waals surface area (Å²) in [5.41, 5.74) is 0.121. The Hall–Kier alpha value is -1.59. The second-order valence-electron chi connectivity index (χ2n) is 6.27. The van der Waals surface area contributed by atoms with Crippen LogP contribution in [0.2, 0.25) is 0 Å². The van der Waals surface area contributed by atoms with Gasteiger partial charge in [0.25, 0.3) is 0 Å². The molecular formula is C16H24N2O3. The minimum atomic E-state index is -0.938. The van der Waals surface area contributed by atoms with Crippen molar-refractivity contribution >= 4 is 5.91 Å². The molecule has 5 heteroatoms. The largest absolute Gasteiger partial charge is 0.492 e. The number of hydrogen-bond donors (Lipinski definition) is 2. The fourth-order valence-electron chi connectivity index (χ4n) is 2.66. The molecule has 0 aromatic heterocycles. The number of fused-ring (bicyclic) bond motifs is 1. The van der Waals surface area contributed by atoms with Gasteiger partial charge in [0, 0.05) is 13.1 Å². The van der Waals surface area contributed by atoms with Crippen LogP contribution < -0.4 is 10.1 Å². The van der Waals surface area contributed by atoms with E-state index in [-0.39, 0.29) is 18.4 Å². The summed E-state index contributed by atoms with van der Waals surface area (Å²) in [6.07, 6.45) is 0.678. The van der Waals surface area contributed by atoms with Gasteiger partial charge in [-0.2, -0.15) is 0 Å². The highest BCUT2D eigenvalue weighted by molar-refractivity contribution is 5.79. The van der Waals surface area contributed by atoms with Crippen molar-refractivity contribution < 1.29 is 14.6 Å². The number of nitrogens with zero attached hydrogens (tertiary/aromatic N) is 1. The van der Waals surface area contributed by atoms with E-state index in [1.54, 1.807) is 6.92 Å². The van der Waals surface area contributed by atoms with E-state index < -0.39 is 5.60 Å². The Morgan fingerprint density at radius 3 is 2.90 bits per heavy atom. The van der Waals surface area contributed by atoms with Gasteiger partial charge in [0.05, 0.1) is 11.5 Å². The number of rotatable bonds is 5. The van der Waals surface area contributed by atoms with Gasteiger partial charge in [-0.1, -0.05) is 18.2 Å². The summed E-state index contributed by atoms with van der Waals surface area (Å²) >= 11 is 0. The molecule has 5 nitrogen and oxygen atoms in total. The molecule has 2 unspecified atom stereocenters. The summed E-state index contributed by atoms with van der Waals surface area (Å²) < 4.78 is 5.62. The predicted octanol–water partition coefficient (Wildman–Crippen LogP) is 0.667. The summed E-state index contributed by atoms with van der Waals surface area (Å²) in [7, 11) is 3.78. The van der Waals surface area contributed by atoms with E-state index in [9.17, 15) is 9.90 Å². The van der Waals surface area contributed by atoms with E-state index >= 15 is 0 Å². The van der Waals surface area contributed by atoms with Gasteiger partial charge < -0.3 is 20.1 Å². The Labute approximate surface area is 125 Å². The third kappa shape index (κ3) is 4.44. The number of para-hydroxylation sites is 1. The number of likely N-dealkylation sites (N-methyl/N-ethyl adjacent to an activating group) is 1. The third-order valence-electron chi connectivity index (χ3n) is 3.55. The molecule has 116 valence electrons. The van der Waals surface area contributed by atoms with Crippen LogP contribution in [0.3, 0.4) is 0 Å². The van der Waals surface area contributed by atoms with E-state index in [1.807, 2.05) is 43.3 Å². The number of ether oxygens (including phenoxy) is 1. The fourth-order valence-corrected chi connectivity index (χ4v) is 2.66. The number of carbonyl (C=O) groups is 1. The zero-order chi connectivity index (χ0) is 15.5. The number of aliphatic hydroxyl groups is 1. The minimum absolute atomic E-state index is 0.0662. The van der Waals surface area contributed by atoms with E-state index in [1.165, 1.54) is 0 Å². The maximum Gasteiger partial charge on any atom is 0.226 e. The molecule has 0 radical (unpaired) electrons. The van der Waals surface area contributed by atoms with Crippen molar-refractivity contribution in [3.63, 3.8) is 0 Å². The maximum absolute atomic E-state index is 12.2. The van der Waals surface area contributed by atoms with Crippen molar-refractivity contribution in [2.24, 2.45) is 5.92 Å². The Morgan fingerprint density at radius 1 is 1.48 bits per heavy atom. The van der Waals surface area contributed by atoms with Gasteiger partial charge in [-0.05, 0) is 39.1 Å². The topological polar surface area (TPSA) is 61.8 Å². The van der Waals surface area contributed by atoms with Crippen LogP contribution >= 0.6 is 0 Å². The number of benzene rings is 1. The molecule has 2 N–H and O–H groups in total. The van der Waals surface area contributed by atoms with E-state index in [0.717, 1.165) is 11.3 Å². The minimum Gasteiger partial charge on any atom is -0.492 e. The lowest BCUT2D eigenvalue weighted by molar-refractivity contribution is -0.127. The van der Waals surface area contributed by atoms with Gasteiger partial charge in [-0.3, -0.25) is 4.79 Å². The molecule has 1 aliphatic rings. The van der Waals surface area contributed by atoms with Gasteiger partial charge in [0.1, 0.15) is 12.4 Å². The predicted molar refractivity (Wildman–Crippen MR) is 81.3 cm³/mol. The standard InChI is InChI=1S/C16H24N2O3/c1-16(20,11-18(2)3)10-17-15(19)13-8-12-6-4-5-7-14(12)21-9-13/h4-7,13,20H,8-11H2,1-3H3,(H,17,19). The Bertz CT molecular complexity index is 500. The van der Waals surface area contributed by atoms with E-state index in [4.69, 9.17) is 4.74 Å². The molecule has 0 aliphatic carbocycles. The van der Waals surface area contributed by atoms with Crippen molar-refractivity contribution in [3.8, 4) is 5.75 Å². The summed E-state index contributed by atoms with van der Waals surface area (Å²) in [6, 6.07) is 7.78. The summed E-state index contributed by atoms with van der Waals surface area (Å²) in [6.45, 7) is 2.85. The number of carbonyl (C=O) groups excluding carboxylic acids is 1. The second-order valence-corrected chi connectivity index (χ2v) is 6.27. The normalized spacial score (nSPS) is 20.3. The van der Waals surface area contributed by atoms with Gasteiger partial charge in [-0.15, -0.1) is 0 Å². The first kappa shape index (κ1) is 15.8. The molecule has 0 bridgehead atoms. The number of hydrogen-bond acceptors (Lipinski definition) is 4. The monoisotopic (exact) mass is 292 g/mol. The van der Waals surface area contributed by atoms with Crippen molar-refractivity contribution in [2.75, 3.05) is 33.8 Å². The Morgan fingerprint density at radius 2 is 2.19 bits per heavy atom. The Kier molecular flexibility index (Phi) is 4.85. The molecule has 0 saturated carbocycles. The van der Waals surface area contributed by atoms with Crippen molar-refractivity contribution in [1.29, 1.82) is 0 Å². The molecule has 1 amide bonds. The molecule has 0 saturated heterocycles. The highest BCUT2D eigenvalue weighted by Gasteiger charge is 2.28. The van der Waals surface area contributed by atoms with Crippen molar-refractivity contribution in [1.82, 2.24) is 10.2 Å². The van der Waals surface area contributed by atoms with Crippen molar-refractivity contribution in [2.45, 2.75) is 18.9 Å². The number of amides is 1. The molecule has 2 atom stereocenters. The lowest BCUT2D eigenvalue weighted by Gasteiger charge is -2.29. The first-order chi connectivity index (χ1) is 9.87. The average Bonchev–Trinajstić information content (AvgIpc) is 2.43. The molecule has 1 aliphatic heterocycles. The number of nitrogens with one attached hydrogen (secondary N) is 1. The SMILES string of the molecule is CN(C)CC(C)(O)CNC(=O)C1COc2ccccc2C1. The zero-order valence-corrected chi connectivity index (χ0v) is 12.9. The fraction of sp³-hybridized carbons (Fsp3) is 0.562. The highest BCUT2D eigenvalue weighted by Crippen LogP contribution is 2.26. The quantitative estimate of drug-likeness (QED) is 0.837. The molecule has 21 heavy (non-hydrogen) atoms. The first-order valence-electron chi connectivity index (χ1n) is 7.23. The molecular weight excluding hydrogens is 268 g/mol. The van der Waals surface area contributed by atoms with Gasteiger partial charge in [-0.25, -0.2) is 0 Å². The highest BCUT2D eigenvalue weighted by atomic mass is 16.5. The molecule has 1 aromatic rings. The van der Waals surface area contributed by atoms with Crippen LogP contribution in [0.25, 0.3) is 0 Å². The van der Waals surface area contributed by atoms with E-state index in [2.05, 4.69) is 5.32 Å². The molecule has 0 fully saturated rings. The van der Waals surface area contributed by atoms with Crippen LogP contribution in [0.4, 0.5) is 0 Å². The third-order valence-corrected chi connectivity index (χ3v) is 3.55. The molecule has 1 aromatic carbocycles. The molecule has 0 spiro atoms. The molecule has 2 rings (SSSR count). The Balaban J connectivity index is 1.88. The summed E-state index contributed by atoms with van der Waals surface area (Å²) in [5.74, 6) is 0.597. The lowest BCUT2D eigenvalue weighted by Crippen LogP contribution is -2.49. The van der Waals surface area contributed by atoms with Crippen molar-refractivity contribution in [3.05, 3.63) is 29.8 Å². The van der Waals surface area contributed by atoms with E-state index in [0.29, 0.717) is 19.6 Å². The maximum atomic E-state index is 12.2. The average molecular weight is 292 g/mol. The van der Waals surface area contributed by atoms with Gasteiger partial charge in [0.2, 0.25) is 5.91 Å². The van der Waals surface area contributed by atoms with Crippen LogP contribution in [-0.2, 0) is 11.2 Å². The summed E-state index contributed by atoms with van der Waals surface area (Å²) in [5, 5.41) is 13.0. The van der Waals surface area contributed by atoms with Crippen LogP contribution in [0.5, 0.6) is 5.75 Å². The second kappa shape index (κ2) is 6.45. The van der Waals surface area contributed by atoms with Crippen LogP contribution in [0.15, 0.2) is 24.3 Å². The summed E-state index contributed by atoms with van der Waals surface area (Å²) in [4.78, 5) is 14.1. The zero-order valence-electron chi connectivity index (χ0n) is 12.9. The lowest BCUT2D eigenvalue weighted by atomic mass is 9.95. The van der Waals surface area contributed by atoms with Gasteiger partial charge in [0.15, 0.2) is 0 Å². The van der Waals surface area contributed by atoms with Crippen LogP contribution in [-0.4, -0.2) is 55.3 Å².